The number of hydrogen-bond acceptors (Lipinski definition) is 1. The van der Waals surface area contributed by atoms with Gasteiger partial charge in [0.15, 0.2) is 0 Å². The van der Waals surface area contributed by atoms with Gasteiger partial charge in [-0.2, -0.15) is 0 Å². The minimum absolute atomic E-state index is 0. The van der Waals surface area contributed by atoms with Crippen LogP contribution in [0.4, 0.5) is 5.69 Å². The van der Waals surface area contributed by atoms with Crippen molar-refractivity contribution in [3.05, 3.63) is 60.2 Å². The topological polar surface area (TPSA) is 3.24 Å². The molecule has 3 radical (unpaired) electrons. The maximum Gasteiger partial charge on any atom is 0.0985 e. The second-order valence-electron chi connectivity index (χ2n) is 11.5. The van der Waals surface area contributed by atoms with Crippen LogP contribution in [0.15, 0.2) is 42.5 Å². The molecule has 1 heterocycles. The molecule has 0 bridgehead atoms. The summed E-state index contributed by atoms with van der Waals surface area (Å²) >= 11 is 0. The van der Waals surface area contributed by atoms with Crippen molar-refractivity contribution in [2.45, 2.75) is 123 Å². The number of hydrogen-bond donors (Lipinski definition) is 0. The van der Waals surface area contributed by atoms with E-state index >= 15 is 0 Å². The van der Waals surface area contributed by atoms with Gasteiger partial charge in [-0.3, -0.25) is 0 Å². The molecule has 3 aliphatic rings. The smallest absolute Gasteiger partial charge is 0.0985 e. The van der Waals surface area contributed by atoms with E-state index in [1.54, 1.807) is 0 Å². The Labute approximate surface area is 230 Å². The Balaban J connectivity index is 0.000000494. The number of anilines is 1. The second kappa shape index (κ2) is 14.2. The van der Waals surface area contributed by atoms with Crippen LogP contribution in [0, 0.1) is 12.0 Å². The maximum atomic E-state index is 4.04. The molecule has 2 aliphatic carbocycles. The van der Waals surface area contributed by atoms with Crippen LogP contribution in [0.1, 0.15) is 129 Å². The fourth-order valence-electron chi connectivity index (χ4n) is 5.84. The van der Waals surface area contributed by atoms with E-state index in [4.69, 9.17) is 0 Å². The first-order valence-electron chi connectivity index (χ1n) is 13.3. The number of halogens is 1. The molecule has 1 spiro atoms. The average Bonchev–Trinajstić information content (AvgIpc) is 2.97. The molecule has 4 rings (SSSR count). The summed E-state index contributed by atoms with van der Waals surface area (Å²) in [4.78, 5) is 2.56. The summed E-state index contributed by atoms with van der Waals surface area (Å²) in [6.07, 6.45) is 22.1. The van der Waals surface area contributed by atoms with E-state index in [-0.39, 0.29) is 37.4 Å². The molecule has 1 aromatic rings. The van der Waals surface area contributed by atoms with Crippen molar-refractivity contribution in [1.82, 2.24) is 0 Å². The van der Waals surface area contributed by atoms with Crippen LogP contribution in [0.25, 0.3) is 0 Å². The van der Waals surface area contributed by atoms with E-state index in [0.717, 1.165) is 0 Å². The van der Waals surface area contributed by atoms with E-state index in [1.807, 2.05) is 0 Å². The van der Waals surface area contributed by atoms with Gasteiger partial charge in [-0.15, -0.1) is 0 Å². The molecule has 0 aromatic heterocycles. The van der Waals surface area contributed by atoms with Crippen LogP contribution in [0.3, 0.4) is 0 Å². The van der Waals surface area contributed by atoms with E-state index < -0.39 is 0 Å². The Hall–Kier alpha value is -0.587. The van der Waals surface area contributed by atoms with Crippen molar-refractivity contribution in [2.75, 3.05) is 4.90 Å². The molecule has 34 heavy (non-hydrogen) atoms. The Morgan fingerprint density at radius 1 is 0.765 bits per heavy atom. The Morgan fingerprint density at radius 2 is 1.21 bits per heavy atom. The fourth-order valence-corrected chi connectivity index (χ4v) is 5.84. The Kier molecular flexibility index (Phi) is 13.2. The number of allylic oxidation sites excluding steroid dienone is 4. The van der Waals surface area contributed by atoms with E-state index in [0.29, 0.717) is 17.3 Å². The molecule has 2 fully saturated rings. The van der Waals surface area contributed by atoms with Crippen molar-refractivity contribution in [3.8, 4) is 0 Å². The van der Waals surface area contributed by atoms with Crippen LogP contribution in [-0.2, 0) is 19.5 Å². The third kappa shape index (κ3) is 7.96. The first-order chi connectivity index (χ1) is 15.3. The molecule has 0 unspecified atom stereocenters. The summed E-state index contributed by atoms with van der Waals surface area (Å²) in [5, 5.41) is 0. The van der Waals surface area contributed by atoms with Gasteiger partial charge in [-0.05, 0) is 81.8 Å². The van der Waals surface area contributed by atoms with Gasteiger partial charge in [0.05, 0.1) is 6.54 Å². The largest absolute Gasteiger partial charge is 1.00 e. The van der Waals surface area contributed by atoms with Gasteiger partial charge in [0.1, 0.15) is 0 Å². The number of para-hydroxylation sites is 1. The minimum Gasteiger partial charge on any atom is -1.00 e. The van der Waals surface area contributed by atoms with Crippen LogP contribution in [0.2, 0.25) is 0 Å². The zero-order chi connectivity index (χ0) is 23.2. The van der Waals surface area contributed by atoms with Gasteiger partial charge in [0.25, 0.3) is 0 Å². The SMILES string of the molecule is C1=C\CC/C=C\CC/1.CC(C)c1cccc(C(C)C)c1N1[C]C2(CCCCC2)CC1(C)C.[Cl-].[Rh]. The maximum absolute atomic E-state index is 4.04. The normalized spacial score (nSPS) is 22.6. The first-order valence-corrected chi connectivity index (χ1v) is 13.3. The summed E-state index contributed by atoms with van der Waals surface area (Å²) in [7, 11) is 0. The summed E-state index contributed by atoms with van der Waals surface area (Å²) in [6, 6.07) is 6.90. The van der Waals surface area contributed by atoms with Gasteiger partial charge >= 0.3 is 0 Å². The average molecular weight is 572 g/mol. The molecule has 0 atom stereocenters. The Bertz CT molecular complexity index is 734. The molecule has 3 heteroatoms. The number of rotatable bonds is 3. The zero-order valence-corrected chi connectivity index (χ0v) is 24.8. The quantitative estimate of drug-likeness (QED) is 0.292. The second-order valence-corrected chi connectivity index (χ2v) is 11.5. The zero-order valence-electron chi connectivity index (χ0n) is 22.4. The van der Waals surface area contributed by atoms with Gasteiger partial charge in [0.2, 0.25) is 0 Å². The summed E-state index contributed by atoms with van der Waals surface area (Å²) in [6.45, 7) is 18.2. The van der Waals surface area contributed by atoms with Crippen LogP contribution in [-0.4, -0.2) is 5.54 Å². The Morgan fingerprint density at radius 3 is 1.62 bits per heavy atom. The molecule has 1 aliphatic heterocycles. The number of benzene rings is 1. The van der Waals surface area contributed by atoms with E-state index in [9.17, 15) is 0 Å². The van der Waals surface area contributed by atoms with Gasteiger partial charge < -0.3 is 17.3 Å². The predicted octanol–water partition coefficient (Wildman–Crippen LogP) is 6.59. The molecule has 1 nitrogen and oxygen atoms in total. The molecule has 0 amide bonds. The number of nitrogens with zero attached hydrogens (tertiary/aromatic N) is 1. The molecule has 1 saturated carbocycles. The first kappa shape index (κ1) is 31.4. The van der Waals surface area contributed by atoms with Crippen molar-refractivity contribution >= 4 is 5.69 Å². The standard InChI is InChI=1S/C23H35N.C8H12.ClH.Rh/c1-17(2)19-11-10-12-20(18(3)4)21(19)24-16-23(15-22(24,5)6)13-8-7-9-14-23;1-2-4-6-8-7-5-3-1;;/h10-12,17-18H,7-9,13-15H2,1-6H3;1-2,7-8H,3-6H2;1H;/p-1/b;2-1-,8-7-;;. The van der Waals surface area contributed by atoms with Crippen molar-refractivity contribution < 1.29 is 31.9 Å². The molecule has 0 N–H and O–H groups in total. The van der Waals surface area contributed by atoms with Crippen LogP contribution >= 0.6 is 0 Å². The molecule has 1 aromatic carbocycles. The van der Waals surface area contributed by atoms with Crippen molar-refractivity contribution in [2.24, 2.45) is 5.41 Å². The minimum atomic E-state index is 0. The third-order valence-corrected chi connectivity index (χ3v) is 7.44. The predicted molar refractivity (Wildman–Crippen MR) is 141 cm³/mol. The van der Waals surface area contributed by atoms with Gasteiger partial charge in [-0.25, -0.2) is 0 Å². The molecular formula is C31H47ClNRh-. The summed E-state index contributed by atoms with van der Waals surface area (Å²) in [5.41, 5.74) is 4.89. The van der Waals surface area contributed by atoms with Crippen molar-refractivity contribution in [1.29, 1.82) is 0 Å². The third-order valence-electron chi connectivity index (χ3n) is 7.44. The monoisotopic (exact) mass is 571 g/mol. The summed E-state index contributed by atoms with van der Waals surface area (Å²) in [5.74, 6) is 1.08. The van der Waals surface area contributed by atoms with E-state index in [2.05, 4.69) is 95.5 Å². The molecule has 193 valence electrons. The van der Waals surface area contributed by atoms with Gasteiger partial charge in [-0.1, -0.05) is 89.5 Å². The van der Waals surface area contributed by atoms with E-state index in [1.165, 1.54) is 81.0 Å². The molecular weight excluding hydrogens is 525 g/mol. The van der Waals surface area contributed by atoms with Crippen LogP contribution < -0.4 is 17.3 Å². The summed E-state index contributed by atoms with van der Waals surface area (Å²) < 4.78 is 0. The fraction of sp³-hybridized carbons (Fsp3) is 0.645. The van der Waals surface area contributed by atoms with Crippen molar-refractivity contribution in [3.63, 3.8) is 0 Å². The van der Waals surface area contributed by atoms with Crippen LogP contribution in [0.5, 0.6) is 0 Å². The van der Waals surface area contributed by atoms with Gasteiger partial charge in [0, 0.05) is 36.1 Å². The molecule has 1 saturated heterocycles.